The van der Waals surface area contributed by atoms with Crippen LogP contribution in [0.5, 0.6) is 0 Å². The van der Waals surface area contributed by atoms with E-state index in [1.165, 1.54) is 16.2 Å². The molecule has 1 fully saturated rings. The molecule has 2 rings (SSSR count). The Kier molecular flexibility index (Phi) is 3.92. The van der Waals surface area contributed by atoms with Crippen LogP contribution in [0.25, 0.3) is 0 Å². The minimum atomic E-state index is -0.941. The fraction of sp³-hybridized carbons (Fsp3) is 0.500. The highest BCUT2D eigenvalue weighted by molar-refractivity contribution is 7.12. The number of nitrogens with zero attached hydrogens (tertiary/aromatic N) is 1. The van der Waals surface area contributed by atoms with Crippen LogP contribution in [0.1, 0.15) is 29.4 Å². The number of hydrogen-bond donors (Lipinski definition) is 1. The quantitative estimate of drug-likeness (QED) is 0.910. The van der Waals surface area contributed by atoms with E-state index in [2.05, 4.69) is 0 Å². The highest BCUT2D eigenvalue weighted by Gasteiger charge is 2.38. The van der Waals surface area contributed by atoms with Crippen LogP contribution in [0.2, 0.25) is 5.02 Å². The smallest absolute Gasteiger partial charge is 0.326 e. The minimum absolute atomic E-state index is 0.0288. The summed E-state index contributed by atoms with van der Waals surface area (Å²) in [5.74, 6) is -1.24. The van der Waals surface area contributed by atoms with Crippen LogP contribution in [0.4, 0.5) is 0 Å². The lowest BCUT2D eigenvalue weighted by Crippen LogP contribution is -2.51. The predicted molar refractivity (Wildman–Crippen MR) is 70.2 cm³/mol. The Morgan fingerprint density at radius 1 is 1.56 bits per heavy atom. The number of thiophene rings is 1. The zero-order valence-corrected chi connectivity index (χ0v) is 11.5. The normalized spacial score (nSPS) is 24.0. The van der Waals surface area contributed by atoms with Crippen LogP contribution in [0.3, 0.4) is 0 Å². The molecule has 4 nitrogen and oxygen atoms in total. The Bertz CT molecular complexity index is 474. The third-order valence-corrected chi connectivity index (χ3v) is 4.59. The maximum absolute atomic E-state index is 12.3. The van der Waals surface area contributed by atoms with Gasteiger partial charge in [-0.15, -0.1) is 11.3 Å². The minimum Gasteiger partial charge on any atom is -0.480 e. The Balaban J connectivity index is 2.28. The maximum Gasteiger partial charge on any atom is 0.326 e. The van der Waals surface area contributed by atoms with Crippen LogP contribution >= 0.6 is 22.9 Å². The molecular formula is C12H14ClNO3S. The van der Waals surface area contributed by atoms with Gasteiger partial charge in [0.1, 0.15) is 10.9 Å². The fourth-order valence-corrected chi connectivity index (χ4v) is 3.46. The first-order valence-electron chi connectivity index (χ1n) is 5.79. The van der Waals surface area contributed by atoms with Gasteiger partial charge in [0.05, 0.1) is 5.02 Å². The van der Waals surface area contributed by atoms with Crippen molar-refractivity contribution < 1.29 is 14.7 Å². The molecule has 1 aromatic rings. The summed E-state index contributed by atoms with van der Waals surface area (Å²) in [6.07, 6.45) is 1.67. The lowest BCUT2D eigenvalue weighted by Gasteiger charge is -2.37. The van der Waals surface area contributed by atoms with E-state index in [1.807, 2.05) is 6.92 Å². The Hall–Kier alpha value is -1.07. The second kappa shape index (κ2) is 5.28. The molecule has 0 aliphatic carbocycles. The number of carboxylic acids is 1. The molecule has 0 aromatic carbocycles. The van der Waals surface area contributed by atoms with E-state index >= 15 is 0 Å². The summed E-state index contributed by atoms with van der Waals surface area (Å²) in [7, 11) is 0. The van der Waals surface area contributed by atoms with Gasteiger partial charge < -0.3 is 10.0 Å². The average molecular weight is 288 g/mol. The average Bonchev–Trinajstić information content (AvgIpc) is 2.73. The molecule has 0 saturated carbocycles. The Morgan fingerprint density at radius 3 is 2.83 bits per heavy atom. The van der Waals surface area contributed by atoms with Gasteiger partial charge in [-0.1, -0.05) is 18.5 Å². The third kappa shape index (κ3) is 2.37. The van der Waals surface area contributed by atoms with Gasteiger partial charge in [0.2, 0.25) is 0 Å². The van der Waals surface area contributed by atoms with Crippen molar-refractivity contribution in [1.82, 2.24) is 4.90 Å². The first-order chi connectivity index (χ1) is 8.52. The number of carbonyl (C=O) groups excluding carboxylic acids is 1. The number of aliphatic carboxylic acids is 1. The summed E-state index contributed by atoms with van der Waals surface area (Å²) in [4.78, 5) is 25.5. The van der Waals surface area contributed by atoms with Crippen molar-refractivity contribution in [2.75, 3.05) is 6.54 Å². The van der Waals surface area contributed by atoms with Crippen LogP contribution < -0.4 is 0 Å². The Morgan fingerprint density at radius 2 is 2.28 bits per heavy atom. The molecule has 6 heteroatoms. The lowest BCUT2D eigenvalue weighted by atomic mass is 9.90. The van der Waals surface area contributed by atoms with E-state index in [9.17, 15) is 14.7 Å². The molecule has 2 heterocycles. The van der Waals surface area contributed by atoms with E-state index in [-0.39, 0.29) is 11.8 Å². The zero-order chi connectivity index (χ0) is 13.3. The molecule has 1 N–H and O–H groups in total. The molecule has 1 aliphatic heterocycles. The first-order valence-corrected chi connectivity index (χ1v) is 7.05. The Labute approximate surface area is 114 Å². The largest absolute Gasteiger partial charge is 0.480 e. The third-order valence-electron chi connectivity index (χ3n) is 3.26. The summed E-state index contributed by atoms with van der Waals surface area (Å²) >= 11 is 7.18. The number of hydrogen-bond acceptors (Lipinski definition) is 3. The number of carboxylic acid groups (broad SMARTS) is 1. The monoisotopic (exact) mass is 287 g/mol. The summed E-state index contributed by atoms with van der Waals surface area (Å²) in [5.41, 5.74) is 0. The summed E-state index contributed by atoms with van der Waals surface area (Å²) in [6, 6.07) is 0.909. The SMILES string of the molecule is CC1CCCN(C(=O)c2sccc2Cl)C1C(=O)O. The van der Waals surface area contributed by atoms with Crippen LogP contribution in [0.15, 0.2) is 11.4 Å². The molecule has 1 saturated heterocycles. The number of amides is 1. The van der Waals surface area contributed by atoms with Crippen molar-refractivity contribution in [3.63, 3.8) is 0 Å². The molecule has 0 bridgehead atoms. The van der Waals surface area contributed by atoms with E-state index in [4.69, 9.17) is 11.6 Å². The van der Waals surface area contributed by atoms with Crippen molar-refractivity contribution >= 4 is 34.8 Å². The van der Waals surface area contributed by atoms with Gasteiger partial charge in [0, 0.05) is 6.54 Å². The molecule has 1 aromatic heterocycles. The summed E-state index contributed by atoms with van der Waals surface area (Å²) < 4.78 is 0. The summed E-state index contributed by atoms with van der Waals surface area (Å²) in [6.45, 7) is 2.35. The highest BCUT2D eigenvalue weighted by atomic mass is 35.5. The van der Waals surface area contributed by atoms with Crippen LogP contribution in [-0.4, -0.2) is 34.5 Å². The molecule has 0 spiro atoms. The van der Waals surface area contributed by atoms with Crippen LogP contribution in [-0.2, 0) is 4.79 Å². The topological polar surface area (TPSA) is 57.6 Å². The highest BCUT2D eigenvalue weighted by Crippen LogP contribution is 2.29. The fourth-order valence-electron chi connectivity index (χ4n) is 2.37. The number of rotatable bonds is 2. The van der Waals surface area contributed by atoms with Crippen molar-refractivity contribution in [2.24, 2.45) is 5.92 Å². The second-order valence-electron chi connectivity index (χ2n) is 4.50. The molecule has 0 radical (unpaired) electrons. The molecule has 1 amide bonds. The maximum atomic E-state index is 12.3. The van der Waals surface area contributed by atoms with Crippen molar-refractivity contribution in [2.45, 2.75) is 25.8 Å². The number of likely N-dealkylation sites (tertiary alicyclic amines) is 1. The molecule has 98 valence electrons. The van der Waals surface area contributed by atoms with E-state index in [0.717, 1.165) is 12.8 Å². The van der Waals surface area contributed by atoms with Crippen molar-refractivity contribution in [3.8, 4) is 0 Å². The van der Waals surface area contributed by atoms with E-state index in [0.29, 0.717) is 16.4 Å². The number of piperidine rings is 1. The second-order valence-corrected chi connectivity index (χ2v) is 5.82. The van der Waals surface area contributed by atoms with Gasteiger partial charge >= 0.3 is 5.97 Å². The molecular weight excluding hydrogens is 274 g/mol. The molecule has 18 heavy (non-hydrogen) atoms. The molecule has 1 aliphatic rings. The van der Waals surface area contributed by atoms with E-state index < -0.39 is 12.0 Å². The number of carbonyl (C=O) groups is 2. The van der Waals surface area contributed by atoms with Gasteiger partial charge in [-0.25, -0.2) is 4.79 Å². The predicted octanol–water partition coefficient (Wildman–Crippen LogP) is 2.73. The molecule has 2 unspecified atom stereocenters. The van der Waals surface area contributed by atoms with Crippen LogP contribution in [0, 0.1) is 5.92 Å². The first kappa shape index (κ1) is 13.4. The summed E-state index contributed by atoms with van der Waals surface area (Å²) in [5, 5.41) is 11.4. The standard InChI is InChI=1S/C12H14ClNO3S/c1-7-3-2-5-14(9(7)12(16)17)11(15)10-8(13)4-6-18-10/h4,6-7,9H,2-3,5H2,1H3,(H,16,17). The molecule has 2 atom stereocenters. The van der Waals surface area contributed by atoms with Crippen molar-refractivity contribution in [3.05, 3.63) is 21.3 Å². The van der Waals surface area contributed by atoms with Gasteiger partial charge in [0.25, 0.3) is 5.91 Å². The van der Waals surface area contributed by atoms with E-state index in [1.54, 1.807) is 11.4 Å². The van der Waals surface area contributed by atoms with Gasteiger partial charge in [-0.05, 0) is 30.2 Å². The zero-order valence-electron chi connectivity index (χ0n) is 9.93. The van der Waals surface area contributed by atoms with Gasteiger partial charge in [-0.3, -0.25) is 4.79 Å². The lowest BCUT2D eigenvalue weighted by molar-refractivity contribution is -0.145. The van der Waals surface area contributed by atoms with Crippen molar-refractivity contribution in [1.29, 1.82) is 0 Å². The van der Waals surface area contributed by atoms with Gasteiger partial charge in [-0.2, -0.15) is 0 Å². The van der Waals surface area contributed by atoms with Gasteiger partial charge in [0.15, 0.2) is 0 Å². The number of halogens is 1.